The Kier molecular flexibility index (Phi) is 7.90. The molecule has 1 fully saturated rings. The van der Waals surface area contributed by atoms with E-state index in [0.29, 0.717) is 0 Å². The van der Waals surface area contributed by atoms with Gasteiger partial charge in [-0.15, -0.1) is 0 Å². The number of hydrogen-bond donors (Lipinski definition) is 2. The van der Waals surface area contributed by atoms with Crippen LogP contribution in [0.3, 0.4) is 0 Å². The van der Waals surface area contributed by atoms with Crippen molar-refractivity contribution >= 4 is 12.1 Å². The van der Waals surface area contributed by atoms with Gasteiger partial charge in [-0.2, -0.15) is 0 Å². The molecule has 2 atom stereocenters. The molecular formula is C22H37N5O2. The predicted molar refractivity (Wildman–Crippen MR) is 118 cm³/mol. The Labute approximate surface area is 175 Å². The third kappa shape index (κ3) is 7.24. The number of likely N-dealkylation sites (tertiary alicyclic amines) is 1. The van der Waals surface area contributed by atoms with Crippen LogP contribution in [0.15, 0.2) is 29.3 Å². The minimum absolute atomic E-state index is 0.0603. The number of carbonyl (C=O) groups excluding carboxylic acids is 1. The monoisotopic (exact) mass is 403 g/mol. The van der Waals surface area contributed by atoms with E-state index < -0.39 is 5.60 Å². The highest BCUT2D eigenvalue weighted by Crippen LogP contribution is 2.18. The van der Waals surface area contributed by atoms with Gasteiger partial charge in [0.2, 0.25) is 0 Å². The van der Waals surface area contributed by atoms with Gasteiger partial charge in [0.1, 0.15) is 5.60 Å². The summed E-state index contributed by atoms with van der Waals surface area (Å²) in [5, 5.41) is 6.47. The molecule has 0 aliphatic carbocycles. The number of carbonyl (C=O) groups is 1. The average Bonchev–Trinajstić information content (AvgIpc) is 3.06. The fraction of sp³-hybridized carbons (Fsp3) is 0.636. The molecule has 1 amide bonds. The highest BCUT2D eigenvalue weighted by Gasteiger charge is 2.28. The number of alkyl carbamates (subject to hydrolysis) is 1. The van der Waals surface area contributed by atoms with Crippen LogP contribution in [-0.4, -0.2) is 74.3 Å². The van der Waals surface area contributed by atoms with Crippen LogP contribution in [0.25, 0.3) is 0 Å². The summed E-state index contributed by atoms with van der Waals surface area (Å²) in [5.74, 6) is 0.859. The van der Waals surface area contributed by atoms with Crippen LogP contribution in [0.5, 0.6) is 0 Å². The Morgan fingerprint density at radius 2 is 1.97 bits per heavy atom. The lowest BCUT2D eigenvalue weighted by Crippen LogP contribution is -2.45. The Morgan fingerprint density at radius 1 is 1.31 bits per heavy atom. The molecular weight excluding hydrogens is 366 g/mol. The molecule has 7 heteroatoms. The van der Waals surface area contributed by atoms with Crippen molar-refractivity contribution in [1.82, 2.24) is 20.4 Å². The lowest BCUT2D eigenvalue weighted by Gasteiger charge is -2.28. The second-order valence-electron chi connectivity index (χ2n) is 8.90. The van der Waals surface area contributed by atoms with E-state index in [2.05, 4.69) is 70.7 Å². The predicted octanol–water partition coefficient (Wildman–Crippen LogP) is 2.77. The second kappa shape index (κ2) is 9.96. The van der Waals surface area contributed by atoms with E-state index >= 15 is 0 Å². The number of likely N-dealkylation sites (N-methyl/N-ethyl adjacent to an activating group) is 1. The van der Waals surface area contributed by atoms with E-state index in [9.17, 15) is 4.79 Å². The molecule has 1 aromatic rings. The van der Waals surface area contributed by atoms with Gasteiger partial charge in [0.15, 0.2) is 5.96 Å². The normalized spacial score (nSPS) is 18.7. The van der Waals surface area contributed by atoms with E-state index in [1.54, 1.807) is 7.05 Å². The minimum Gasteiger partial charge on any atom is -0.444 e. The van der Waals surface area contributed by atoms with E-state index in [1.165, 1.54) is 11.1 Å². The van der Waals surface area contributed by atoms with Crippen LogP contribution >= 0.6 is 0 Å². The van der Waals surface area contributed by atoms with Crippen molar-refractivity contribution in [3.63, 3.8) is 0 Å². The quantitative estimate of drug-likeness (QED) is 0.584. The molecule has 7 nitrogen and oxygen atoms in total. The SMILES string of the molecule is CN=C(NCC(c1ccc(C)cc1)N(C)C)N1CCC(NC(=O)OC(C)(C)C)C1. The van der Waals surface area contributed by atoms with Crippen molar-refractivity contribution in [3.05, 3.63) is 35.4 Å². The van der Waals surface area contributed by atoms with Crippen molar-refractivity contribution < 1.29 is 9.53 Å². The van der Waals surface area contributed by atoms with Gasteiger partial charge in [-0.1, -0.05) is 29.8 Å². The first-order chi connectivity index (χ1) is 13.6. The third-order valence-corrected chi connectivity index (χ3v) is 4.96. The van der Waals surface area contributed by atoms with Gasteiger partial charge in [0.25, 0.3) is 0 Å². The Morgan fingerprint density at radius 3 is 2.52 bits per heavy atom. The molecule has 1 heterocycles. The molecule has 0 spiro atoms. The maximum absolute atomic E-state index is 12.0. The number of nitrogens with one attached hydrogen (secondary N) is 2. The van der Waals surface area contributed by atoms with E-state index in [4.69, 9.17) is 4.74 Å². The number of nitrogens with zero attached hydrogens (tertiary/aromatic N) is 3. The zero-order chi connectivity index (χ0) is 21.6. The third-order valence-electron chi connectivity index (χ3n) is 4.96. The zero-order valence-corrected chi connectivity index (χ0v) is 19.0. The first-order valence-electron chi connectivity index (χ1n) is 10.3. The topological polar surface area (TPSA) is 69.2 Å². The van der Waals surface area contributed by atoms with Crippen LogP contribution in [-0.2, 0) is 4.74 Å². The molecule has 0 saturated carbocycles. The molecule has 0 bridgehead atoms. The molecule has 2 rings (SSSR count). The van der Waals surface area contributed by atoms with Crippen molar-refractivity contribution in [2.45, 2.75) is 51.8 Å². The molecule has 0 aromatic heterocycles. The van der Waals surface area contributed by atoms with Gasteiger partial charge in [-0.3, -0.25) is 4.99 Å². The summed E-state index contributed by atoms with van der Waals surface area (Å²) in [6, 6.07) is 8.96. The fourth-order valence-corrected chi connectivity index (χ4v) is 3.45. The Hall–Kier alpha value is -2.28. The Balaban J connectivity index is 1.91. The van der Waals surface area contributed by atoms with Gasteiger partial charge in [0, 0.05) is 26.7 Å². The van der Waals surface area contributed by atoms with Gasteiger partial charge in [0.05, 0.1) is 12.1 Å². The largest absolute Gasteiger partial charge is 0.444 e. The lowest BCUT2D eigenvalue weighted by molar-refractivity contribution is 0.0507. The van der Waals surface area contributed by atoms with E-state index in [-0.39, 0.29) is 18.2 Å². The first-order valence-corrected chi connectivity index (χ1v) is 10.3. The molecule has 1 aromatic carbocycles. The molecule has 2 N–H and O–H groups in total. The lowest BCUT2D eigenvalue weighted by atomic mass is 10.0. The second-order valence-corrected chi connectivity index (χ2v) is 8.90. The van der Waals surface area contributed by atoms with Crippen LogP contribution in [0.2, 0.25) is 0 Å². The van der Waals surface area contributed by atoms with Gasteiger partial charge < -0.3 is 25.2 Å². The number of benzene rings is 1. The maximum Gasteiger partial charge on any atom is 0.407 e. The number of aliphatic imine (C=N–C) groups is 1. The summed E-state index contributed by atoms with van der Waals surface area (Å²) >= 11 is 0. The van der Waals surface area contributed by atoms with Gasteiger partial charge in [-0.05, 0) is 53.8 Å². The van der Waals surface area contributed by atoms with Crippen LogP contribution in [0.1, 0.15) is 44.4 Å². The van der Waals surface area contributed by atoms with Crippen molar-refractivity contribution in [2.75, 3.05) is 40.8 Å². The first kappa shape index (κ1) is 23.0. The van der Waals surface area contributed by atoms with E-state index in [1.807, 2.05) is 20.8 Å². The highest BCUT2D eigenvalue weighted by atomic mass is 16.6. The molecule has 0 radical (unpaired) electrons. The maximum atomic E-state index is 12.0. The number of guanidine groups is 1. The number of aryl methyl sites for hydroxylation is 1. The van der Waals surface area contributed by atoms with Gasteiger partial charge in [-0.25, -0.2) is 4.79 Å². The average molecular weight is 404 g/mol. The molecule has 2 unspecified atom stereocenters. The smallest absolute Gasteiger partial charge is 0.407 e. The molecule has 1 aliphatic heterocycles. The summed E-state index contributed by atoms with van der Waals surface area (Å²) < 4.78 is 5.36. The summed E-state index contributed by atoms with van der Waals surface area (Å²) in [5.41, 5.74) is 2.04. The Bertz CT molecular complexity index is 694. The zero-order valence-electron chi connectivity index (χ0n) is 19.0. The van der Waals surface area contributed by atoms with Crippen LogP contribution < -0.4 is 10.6 Å². The summed E-state index contributed by atoms with van der Waals surface area (Å²) in [4.78, 5) is 20.9. The summed E-state index contributed by atoms with van der Waals surface area (Å²) in [7, 11) is 5.98. The van der Waals surface area contributed by atoms with Crippen molar-refractivity contribution in [1.29, 1.82) is 0 Å². The summed E-state index contributed by atoms with van der Waals surface area (Å²) in [6.07, 6.45) is 0.508. The van der Waals surface area contributed by atoms with Gasteiger partial charge >= 0.3 is 6.09 Å². The fourth-order valence-electron chi connectivity index (χ4n) is 3.45. The standard InChI is InChI=1S/C22H37N5O2/c1-16-8-10-17(11-9-16)19(26(6)7)14-24-20(23-5)27-13-12-18(15-27)25-21(28)29-22(2,3)4/h8-11,18-19H,12-15H2,1-7H3,(H,23,24)(H,25,28). The van der Waals surface area contributed by atoms with Crippen molar-refractivity contribution in [2.24, 2.45) is 4.99 Å². The van der Waals surface area contributed by atoms with Crippen molar-refractivity contribution in [3.8, 4) is 0 Å². The summed E-state index contributed by atoms with van der Waals surface area (Å²) in [6.45, 7) is 10.0. The number of rotatable bonds is 5. The number of hydrogen-bond acceptors (Lipinski definition) is 4. The molecule has 1 saturated heterocycles. The van der Waals surface area contributed by atoms with Crippen LogP contribution in [0.4, 0.5) is 4.79 Å². The minimum atomic E-state index is -0.489. The van der Waals surface area contributed by atoms with E-state index in [0.717, 1.165) is 32.0 Å². The number of ether oxygens (including phenoxy) is 1. The molecule has 162 valence electrons. The molecule has 29 heavy (non-hydrogen) atoms. The number of amides is 1. The highest BCUT2D eigenvalue weighted by molar-refractivity contribution is 5.80. The molecule has 1 aliphatic rings. The van der Waals surface area contributed by atoms with Crippen LogP contribution in [0, 0.1) is 6.92 Å².